The normalized spacial score (nSPS) is 15.8. The lowest BCUT2D eigenvalue weighted by Crippen LogP contribution is -2.44. The van der Waals surface area contributed by atoms with E-state index in [-0.39, 0.29) is 11.7 Å². The number of hydrogen-bond donors (Lipinski definition) is 1. The molecule has 2 aromatic carbocycles. The predicted octanol–water partition coefficient (Wildman–Crippen LogP) is 4.85. The van der Waals surface area contributed by atoms with Gasteiger partial charge in [0.25, 0.3) is 5.69 Å². The van der Waals surface area contributed by atoms with Gasteiger partial charge in [0.2, 0.25) is 0 Å². The van der Waals surface area contributed by atoms with Crippen molar-refractivity contribution in [3.63, 3.8) is 0 Å². The zero-order valence-corrected chi connectivity index (χ0v) is 16.4. The molecule has 0 radical (unpaired) electrons. The van der Waals surface area contributed by atoms with Gasteiger partial charge in [0, 0.05) is 37.1 Å². The smallest absolute Gasteiger partial charge is 0.269 e. The van der Waals surface area contributed by atoms with Crippen LogP contribution < -0.4 is 5.32 Å². The number of anilines is 1. The second-order valence-corrected chi connectivity index (χ2v) is 7.27. The number of rotatable bonds is 3. The van der Waals surface area contributed by atoms with E-state index in [1.165, 1.54) is 12.1 Å². The van der Waals surface area contributed by atoms with E-state index in [9.17, 15) is 10.1 Å². The molecule has 3 aromatic rings. The summed E-state index contributed by atoms with van der Waals surface area (Å²) in [7, 11) is 0. The minimum Gasteiger partial charge on any atom is -0.348 e. The van der Waals surface area contributed by atoms with Crippen molar-refractivity contribution in [2.24, 2.45) is 0 Å². The van der Waals surface area contributed by atoms with E-state index in [0.717, 1.165) is 23.5 Å². The number of nitrogens with one attached hydrogen (secondary N) is 1. The zero-order valence-electron chi connectivity index (χ0n) is 14.8. The van der Waals surface area contributed by atoms with Gasteiger partial charge in [-0.1, -0.05) is 23.7 Å². The highest BCUT2D eigenvalue weighted by atomic mass is 35.5. The van der Waals surface area contributed by atoms with Crippen LogP contribution in [0.5, 0.6) is 0 Å². The van der Waals surface area contributed by atoms with Crippen LogP contribution in [0.2, 0.25) is 5.02 Å². The first-order valence-corrected chi connectivity index (χ1v) is 9.55. The molecule has 0 fully saturated rings. The van der Waals surface area contributed by atoms with E-state index in [1.807, 2.05) is 36.5 Å². The molecule has 28 heavy (non-hydrogen) atoms. The third-order valence-electron chi connectivity index (χ3n) is 4.83. The SMILES string of the molecule is O=[N+]([O-])c1ccc([C@H]2c3cccn3CCN2C(=S)Nc2ccccc2Cl)cc1. The number of nitrogens with zero attached hydrogens (tertiary/aromatic N) is 3. The Balaban J connectivity index is 1.68. The topological polar surface area (TPSA) is 63.3 Å². The van der Waals surface area contributed by atoms with Crippen LogP contribution in [0.1, 0.15) is 17.3 Å². The molecular weight excluding hydrogens is 396 g/mol. The molecule has 0 unspecified atom stereocenters. The lowest BCUT2D eigenvalue weighted by molar-refractivity contribution is -0.384. The summed E-state index contributed by atoms with van der Waals surface area (Å²) in [5.41, 5.74) is 2.84. The molecule has 142 valence electrons. The Kier molecular flexibility index (Phi) is 5.02. The lowest BCUT2D eigenvalue weighted by Gasteiger charge is -2.39. The number of para-hydroxylation sites is 1. The monoisotopic (exact) mass is 412 g/mol. The van der Waals surface area contributed by atoms with E-state index in [4.69, 9.17) is 23.8 Å². The predicted molar refractivity (Wildman–Crippen MR) is 114 cm³/mol. The molecule has 1 aliphatic heterocycles. The Morgan fingerprint density at radius 3 is 2.57 bits per heavy atom. The van der Waals surface area contributed by atoms with Crippen molar-refractivity contribution in [3.05, 3.63) is 93.3 Å². The van der Waals surface area contributed by atoms with Gasteiger partial charge in [-0.3, -0.25) is 10.1 Å². The van der Waals surface area contributed by atoms with Gasteiger partial charge >= 0.3 is 0 Å². The number of nitro groups is 1. The molecule has 1 atom stereocenters. The van der Waals surface area contributed by atoms with Gasteiger partial charge in [-0.25, -0.2) is 0 Å². The summed E-state index contributed by atoms with van der Waals surface area (Å²) in [5.74, 6) is 0. The van der Waals surface area contributed by atoms with Crippen LogP contribution in [0, 0.1) is 10.1 Å². The number of nitro benzene ring substituents is 1. The quantitative estimate of drug-likeness (QED) is 0.378. The highest BCUT2D eigenvalue weighted by Crippen LogP contribution is 2.34. The molecule has 0 spiro atoms. The van der Waals surface area contributed by atoms with Gasteiger partial charge in [0.15, 0.2) is 5.11 Å². The summed E-state index contributed by atoms with van der Waals surface area (Å²) in [4.78, 5) is 12.7. The van der Waals surface area contributed by atoms with Crippen molar-refractivity contribution in [1.29, 1.82) is 0 Å². The van der Waals surface area contributed by atoms with Gasteiger partial charge in [-0.2, -0.15) is 0 Å². The molecule has 0 bridgehead atoms. The molecule has 0 amide bonds. The second-order valence-electron chi connectivity index (χ2n) is 6.48. The molecule has 2 heterocycles. The van der Waals surface area contributed by atoms with E-state index in [1.54, 1.807) is 12.1 Å². The molecule has 0 saturated carbocycles. The Morgan fingerprint density at radius 1 is 1.11 bits per heavy atom. The summed E-state index contributed by atoms with van der Waals surface area (Å²) in [6.45, 7) is 1.51. The van der Waals surface area contributed by atoms with E-state index in [2.05, 4.69) is 20.9 Å². The molecule has 1 aromatic heterocycles. The van der Waals surface area contributed by atoms with Gasteiger partial charge < -0.3 is 14.8 Å². The highest BCUT2D eigenvalue weighted by molar-refractivity contribution is 7.80. The van der Waals surface area contributed by atoms with Crippen molar-refractivity contribution in [3.8, 4) is 0 Å². The summed E-state index contributed by atoms with van der Waals surface area (Å²) in [6.07, 6.45) is 2.04. The zero-order chi connectivity index (χ0) is 19.7. The van der Waals surface area contributed by atoms with Crippen LogP contribution in [0.3, 0.4) is 0 Å². The summed E-state index contributed by atoms with van der Waals surface area (Å²) < 4.78 is 2.18. The Bertz CT molecular complexity index is 1030. The minimum absolute atomic E-state index is 0.0678. The Hall–Kier alpha value is -2.90. The summed E-state index contributed by atoms with van der Waals surface area (Å²) in [6, 6.07) is 18.0. The number of benzene rings is 2. The highest BCUT2D eigenvalue weighted by Gasteiger charge is 2.31. The third-order valence-corrected chi connectivity index (χ3v) is 5.50. The fraction of sp³-hybridized carbons (Fsp3) is 0.150. The van der Waals surface area contributed by atoms with Crippen molar-refractivity contribution in [1.82, 2.24) is 9.47 Å². The van der Waals surface area contributed by atoms with Crippen LogP contribution in [-0.2, 0) is 6.54 Å². The van der Waals surface area contributed by atoms with Crippen molar-refractivity contribution >= 4 is 40.3 Å². The maximum absolute atomic E-state index is 11.0. The number of hydrogen-bond acceptors (Lipinski definition) is 3. The maximum atomic E-state index is 11.0. The maximum Gasteiger partial charge on any atom is 0.269 e. The molecule has 4 rings (SSSR count). The number of halogens is 1. The molecule has 6 nitrogen and oxygen atoms in total. The molecule has 8 heteroatoms. The van der Waals surface area contributed by atoms with Gasteiger partial charge in [0.1, 0.15) is 0 Å². The Morgan fingerprint density at radius 2 is 1.86 bits per heavy atom. The van der Waals surface area contributed by atoms with Crippen molar-refractivity contribution in [2.45, 2.75) is 12.6 Å². The number of aromatic nitrogens is 1. The second kappa shape index (κ2) is 7.61. The van der Waals surface area contributed by atoms with E-state index >= 15 is 0 Å². The molecule has 1 aliphatic rings. The first-order chi connectivity index (χ1) is 13.5. The van der Waals surface area contributed by atoms with Gasteiger partial charge in [-0.15, -0.1) is 0 Å². The fourth-order valence-corrected chi connectivity index (χ4v) is 3.97. The van der Waals surface area contributed by atoms with Gasteiger partial charge in [0.05, 0.1) is 21.7 Å². The summed E-state index contributed by atoms with van der Waals surface area (Å²) >= 11 is 12.0. The van der Waals surface area contributed by atoms with Crippen LogP contribution in [-0.4, -0.2) is 26.0 Å². The first kappa shape index (κ1) is 18.5. The molecule has 0 aliphatic carbocycles. The molecule has 0 saturated heterocycles. The number of thiocarbonyl (C=S) groups is 1. The van der Waals surface area contributed by atoms with Crippen LogP contribution >= 0.6 is 23.8 Å². The van der Waals surface area contributed by atoms with E-state index in [0.29, 0.717) is 16.7 Å². The van der Waals surface area contributed by atoms with Crippen molar-refractivity contribution in [2.75, 3.05) is 11.9 Å². The first-order valence-electron chi connectivity index (χ1n) is 8.76. The lowest BCUT2D eigenvalue weighted by atomic mass is 10.00. The third kappa shape index (κ3) is 3.46. The molecular formula is C20H17ClN4O2S. The standard InChI is InChI=1S/C20H17ClN4O2S/c21-16-4-1-2-5-17(16)22-20(28)24-13-12-23-11-3-6-18(23)19(24)14-7-9-15(10-8-14)25(26)27/h1-11,19H,12-13H2,(H,22,28)/t19-/m0/s1. The average Bonchev–Trinajstić information content (AvgIpc) is 3.18. The van der Waals surface area contributed by atoms with Gasteiger partial charge in [-0.05, 0) is 54.2 Å². The van der Waals surface area contributed by atoms with E-state index < -0.39 is 4.92 Å². The number of fused-ring (bicyclic) bond motifs is 1. The average molecular weight is 413 g/mol. The van der Waals surface area contributed by atoms with Crippen LogP contribution in [0.15, 0.2) is 66.9 Å². The number of non-ortho nitro benzene ring substituents is 1. The largest absolute Gasteiger partial charge is 0.348 e. The van der Waals surface area contributed by atoms with Crippen molar-refractivity contribution < 1.29 is 4.92 Å². The minimum atomic E-state index is -0.394. The van der Waals surface area contributed by atoms with Crippen LogP contribution in [0.25, 0.3) is 0 Å². The Labute approximate surface area is 172 Å². The fourth-order valence-electron chi connectivity index (χ4n) is 3.48. The molecule has 1 N–H and O–H groups in total. The van der Waals surface area contributed by atoms with Crippen LogP contribution in [0.4, 0.5) is 11.4 Å². The summed E-state index contributed by atoms with van der Waals surface area (Å²) in [5, 5.41) is 15.4.